The van der Waals surface area contributed by atoms with Crippen molar-refractivity contribution in [1.82, 2.24) is 20.5 Å². The van der Waals surface area contributed by atoms with Crippen LogP contribution in [0, 0.1) is 6.92 Å². The fourth-order valence-electron chi connectivity index (χ4n) is 3.64. The fraction of sp³-hybridized carbons (Fsp3) is 0.172. The minimum atomic E-state index is -0.437. The number of nitrogens with one attached hydrogen (secondary N) is 2. The number of amides is 2. The van der Waals surface area contributed by atoms with Gasteiger partial charge in [0.2, 0.25) is 0 Å². The van der Waals surface area contributed by atoms with E-state index in [0.717, 1.165) is 34.5 Å². The maximum absolute atomic E-state index is 12.3. The number of hydrogen-bond donors (Lipinski definition) is 2. The van der Waals surface area contributed by atoms with Crippen molar-refractivity contribution < 1.29 is 14.3 Å². The van der Waals surface area contributed by atoms with Gasteiger partial charge in [0.25, 0.3) is 11.8 Å². The van der Waals surface area contributed by atoms with Gasteiger partial charge >= 0.3 is 0 Å². The highest BCUT2D eigenvalue weighted by atomic mass is 16.5. The Balaban J connectivity index is 1.47. The molecule has 8 heteroatoms. The van der Waals surface area contributed by atoms with Crippen LogP contribution in [0.3, 0.4) is 0 Å². The maximum atomic E-state index is 12.3. The summed E-state index contributed by atoms with van der Waals surface area (Å²) in [5.74, 6) is 0.0472. The number of benzene rings is 3. The largest absolute Gasteiger partial charge is 0.494 e. The highest BCUT2D eigenvalue weighted by molar-refractivity contribution is 5.97. The third kappa shape index (κ3) is 6.70. The number of aryl methyl sites for hydroxylation is 1. The molecule has 4 aromatic rings. The lowest BCUT2D eigenvalue weighted by Crippen LogP contribution is -2.35. The predicted molar refractivity (Wildman–Crippen MR) is 144 cm³/mol. The Morgan fingerprint density at radius 3 is 2.46 bits per heavy atom. The Morgan fingerprint density at radius 1 is 1.00 bits per heavy atom. The number of aromatic nitrogens is 2. The standard InChI is InChI=1S/C29H29N5O3/c1-3-17-37-25-15-13-22(14-16-25)28-23(20-34(33-28)24-10-5-4-6-11-24)18-31-32-27(35)19-30-29(36)26-12-8-7-9-21(26)2/h4-16,18,20H,3,17,19H2,1-2H3,(H,30,36)(H,32,35)/b31-18-. The first kappa shape index (κ1) is 25.4. The Morgan fingerprint density at radius 2 is 1.73 bits per heavy atom. The van der Waals surface area contributed by atoms with Crippen LogP contribution in [0.5, 0.6) is 5.75 Å². The molecule has 1 heterocycles. The van der Waals surface area contributed by atoms with Crippen LogP contribution < -0.4 is 15.5 Å². The first-order valence-corrected chi connectivity index (χ1v) is 12.1. The summed E-state index contributed by atoms with van der Waals surface area (Å²) >= 11 is 0. The van der Waals surface area contributed by atoms with E-state index in [1.54, 1.807) is 23.0 Å². The molecule has 3 aromatic carbocycles. The zero-order chi connectivity index (χ0) is 26.0. The van der Waals surface area contributed by atoms with E-state index < -0.39 is 5.91 Å². The van der Waals surface area contributed by atoms with Crippen molar-refractivity contribution >= 4 is 18.0 Å². The summed E-state index contributed by atoms with van der Waals surface area (Å²) in [4.78, 5) is 24.6. The molecule has 4 rings (SSSR count). The highest BCUT2D eigenvalue weighted by Gasteiger charge is 2.13. The molecule has 0 saturated carbocycles. The van der Waals surface area contributed by atoms with E-state index in [9.17, 15) is 9.59 Å². The normalized spacial score (nSPS) is 10.9. The average Bonchev–Trinajstić information content (AvgIpc) is 3.36. The van der Waals surface area contributed by atoms with E-state index in [2.05, 4.69) is 22.8 Å². The van der Waals surface area contributed by atoms with Crippen LogP contribution in [0.15, 0.2) is 90.2 Å². The second-order valence-electron chi connectivity index (χ2n) is 8.38. The SMILES string of the molecule is CCCOc1ccc(-c2nn(-c3ccccc3)cc2/C=N\NC(=O)CNC(=O)c2ccccc2C)cc1. The number of hydrazone groups is 1. The van der Waals surface area contributed by atoms with E-state index in [1.165, 1.54) is 0 Å². The van der Waals surface area contributed by atoms with Crippen molar-refractivity contribution in [2.75, 3.05) is 13.2 Å². The summed E-state index contributed by atoms with van der Waals surface area (Å²) < 4.78 is 7.45. The molecule has 0 atom stereocenters. The first-order valence-electron chi connectivity index (χ1n) is 12.1. The molecule has 2 N–H and O–H groups in total. The monoisotopic (exact) mass is 495 g/mol. The van der Waals surface area contributed by atoms with Crippen LogP contribution in [0.2, 0.25) is 0 Å². The van der Waals surface area contributed by atoms with Gasteiger partial charge in [-0.2, -0.15) is 10.2 Å². The molecule has 0 fully saturated rings. The van der Waals surface area contributed by atoms with E-state index in [-0.39, 0.29) is 12.5 Å². The zero-order valence-corrected chi connectivity index (χ0v) is 20.8. The van der Waals surface area contributed by atoms with Gasteiger partial charge in [0.05, 0.1) is 25.1 Å². The van der Waals surface area contributed by atoms with Crippen molar-refractivity contribution in [3.05, 3.63) is 102 Å². The number of nitrogens with zero attached hydrogens (tertiary/aromatic N) is 3. The zero-order valence-electron chi connectivity index (χ0n) is 20.8. The van der Waals surface area contributed by atoms with E-state index in [0.29, 0.717) is 17.9 Å². The Bertz CT molecular complexity index is 1380. The molecular weight excluding hydrogens is 466 g/mol. The molecular formula is C29H29N5O3. The van der Waals surface area contributed by atoms with E-state index in [4.69, 9.17) is 9.84 Å². The minimum Gasteiger partial charge on any atom is -0.494 e. The highest BCUT2D eigenvalue weighted by Crippen LogP contribution is 2.25. The van der Waals surface area contributed by atoms with Crippen molar-refractivity contribution in [1.29, 1.82) is 0 Å². The van der Waals surface area contributed by atoms with Crippen LogP contribution in [-0.4, -0.2) is 41.0 Å². The number of rotatable bonds is 10. The lowest BCUT2D eigenvalue weighted by atomic mass is 10.1. The molecule has 8 nitrogen and oxygen atoms in total. The molecule has 0 aliphatic carbocycles. The molecule has 0 spiro atoms. The lowest BCUT2D eigenvalue weighted by Gasteiger charge is -2.06. The molecule has 37 heavy (non-hydrogen) atoms. The van der Waals surface area contributed by atoms with Gasteiger partial charge in [-0.1, -0.05) is 43.3 Å². The van der Waals surface area contributed by atoms with Gasteiger partial charge in [0, 0.05) is 22.9 Å². The van der Waals surface area contributed by atoms with Crippen molar-refractivity contribution in [3.63, 3.8) is 0 Å². The Kier molecular flexibility index (Phi) is 8.44. The molecule has 1 aromatic heterocycles. The molecule has 0 aliphatic heterocycles. The summed E-state index contributed by atoms with van der Waals surface area (Å²) in [5, 5.41) is 11.5. The minimum absolute atomic E-state index is 0.195. The number of carbonyl (C=O) groups is 2. The van der Waals surface area contributed by atoms with Gasteiger partial charge < -0.3 is 10.1 Å². The molecule has 0 bridgehead atoms. The smallest absolute Gasteiger partial charge is 0.259 e. The predicted octanol–water partition coefficient (Wildman–Crippen LogP) is 4.52. The molecule has 188 valence electrons. The molecule has 0 unspecified atom stereocenters. The summed E-state index contributed by atoms with van der Waals surface area (Å²) in [6, 6.07) is 24.6. The summed E-state index contributed by atoms with van der Waals surface area (Å²) in [7, 11) is 0. The number of hydrogen-bond acceptors (Lipinski definition) is 5. The molecule has 0 radical (unpaired) electrons. The Hall–Kier alpha value is -4.72. The van der Waals surface area contributed by atoms with Gasteiger partial charge in [0.15, 0.2) is 0 Å². The summed E-state index contributed by atoms with van der Waals surface area (Å²) in [5.41, 5.74) is 7.05. The summed E-state index contributed by atoms with van der Waals surface area (Å²) in [6.07, 6.45) is 4.33. The summed E-state index contributed by atoms with van der Waals surface area (Å²) in [6.45, 7) is 4.37. The van der Waals surface area contributed by atoms with Crippen LogP contribution in [0.1, 0.15) is 34.8 Å². The molecule has 2 amide bonds. The third-order valence-electron chi connectivity index (χ3n) is 5.56. The van der Waals surface area contributed by atoms with Crippen LogP contribution in [0.4, 0.5) is 0 Å². The van der Waals surface area contributed by atoms with Crippen LogP contribution in [-0.2, 0) is 4.79 Å². The van der Waals surface area contributed by atoms with Crippen LogP contribution in [0.25, 0.3) is 16.9 Å². The average molecular weight is 496 g/mol. The van der Waals surface area contributed by atoms with Crippen LogP contribution >= 0.6 is 0 Å². The molecule has 0 saturated heterocycles. The van der Waals surface area contributed by atoms with Gasteiger partial charge in [-0.05, 0) is 61.4 Å². The second kappa shape index (κ2) is 12.3. The van der Waals surface area contributed by atoms with Gasteiger partial charge in [-0.15, -0.1) is 0 Å². The number of carbonyl (C=O) groups excluding carboxylic acids is 2. The fourth-order valence-corrected chi connectivity index (χ4v) is 3.64. The van der Waals surface area contributed by atoms with E-state index in [1.807, 2.05) is 79.9 Å². The number of para-hydroxylation sites is 1. The van der Waals surface area contributed by atoms with E-state index >= 15 is 0 Å². The lowest BCUT2D eigenvalue weighted by molar-refractivity contribution is -0.120. The second-order valence-corrected chi connectivity index (χ2v) is 8.38. The van der Waals surface area contributed by atoms with Crippen molar-refractivity contribution in [3.8, 4) is 22.7 Å². The topological polar surface area (TPSA) is 97.6 Å². The van der Waals surface area contributed by atoms with Gasteiger partial charge in [0.1, 0.15) is 11.4 Å². The van der Waals surface area contributed by atoms with Crippen molar-refractivity contribution in [2.45, 2.75) is 20.3 Å². The molecule has 0 aliphatic rings. The quantitative estimate of drug-likeness (QED) is 0.250. The maximum Gasteiger partial charge on any atom is 0.259 e. The van der Waals surface area contributed by atoms with Gasteiger partial charge in [-0.3, -0.25) is 9.59 Å². The first-order chi connectivity index (χ1) is 18.0. The van der Waals surface area contributed by atoms with Gasteiger partial charge in [-0.25, -0.2) is 10.1 Å². The van der Waals surface area contributed by atoms with Crippen molar-refractivity contribution in [2.24, 2.45) is 5.10 Å². The third-order valence-corrected chi connectivity index (χ3v) is 5.56. The number of ether oxygens (including phenoxy) is 1. The Labute approximate surface area is 216 Å².